The highest BCUT2D eigenvalue weighted by molar-refractivity contribution is 5.73. The van der Waals surface area contributed by atoms with Crippen LogP contribution in [0.1, 0.15) is 128 Å². The van der Waals surface area contributed by atoms with Gasteiger partial charge in [0, 0.05) is 6.61 Å². The van der Waals surface area contributed by atoms with E-state index in [0.717, 1.165) is 64.2 Å². The number of ether oxygens (including phenoxy) is 2. The summed E-state index contributed by atoms with van der Waals surface area (Å²) < 4.78 is 13.2. The summed E-state index contributed by atoms with van der Waals surface area (Å²) in [5.74, 6) is -0.725. The van der Waals surface area contributed by atoms with E-state index in [-0.39, 0.29) is 36.4 Å². The molecule has 2 aliphatic rings. The largest absolute Gasteiger partial charge is 0.481 e. The zero-order valence-corrected chi connectivity index (χ0v) is 22.4. The molecule has 2 aliphatic heterocycles. The summed E-state index contributed by atoms with van der Waals surface area (Å²) in [5, 5.41) is 18.9. The zero-order valence-electron chi connectivity index (χ0n) is 22.4. The lowest BCUT2D eigenvalue weighted by molar-refractivity contribution is -0.147. The second-order valence-corrected chi connectivity index (χ2v) is 12.3. The fraction of sp³-hybridized carbons (Fsp3) is 0.767. The van der Waals surface area contributed by atoms with Crippen LogP contribution in [0.4, 0.5) is 0 Å². The number of hydrogen-bond acceptors (Lipinski definition) is 4. The van der Waals surface area contributed by atoms with Crippen LogP contribution in [-0.2, 0) is 14.3 Å². The highest BCUT2D eigenvalue weighted by Gasteiger charge is 2.31. The van der Waals surface area contributed by atoms with Crippen molar-refractivity contribution in [3.8, 4) is 0 Å². The van der Waals surface area contributed by atoms with Gasteiger partial charge in [-0.1, -0.05) is 44.5 Å². The Kier molecular flexibility index (Phi) is 10.2. The summed E-state index contributed by atoms with van der Waals surface area (Å²) in [7, 11) is 0. The van der Waals surface area contributed by atoms with Gasteiger partial charge >= 0.3 is 5.97 Å². The summed E-state index contributed by atoms with van der Waals surface area (Å²) in [6, 6.07) is 8.66. The summed E-state index contributed by atoms with van der Waals surface area (Å²) in [4.78, 5) is 11.4. The molecule has 2 N–H and O–H groups in total. The molecule has 4 unspecified atom stereocenters. The van der Waals surface area contributed by atoms with Crippen LogP contribution >= 0.6 is 0 Å². The quantitative estimate of drug-likeness (QED) is 0.321. The molecule has 0 aliphatic carbocycles. The molecular weight excluding hydrogens is 440 g/mol. The molecular formula is C30H48O5. The number of benzene rings is 1. The van der Waals surface area contributed by atoms with Crippen LogP contribution in [0, 0.1) is 10.8 Å². The first-order valence-electron chi connectivity index (χ1n) is 13.9. The molecule has 0 spiro atoms. The van der Waals surface area contributed by atoms with Crippen molar-refractivity contribution >= 4 is 5.97 Å². The molecule has 0 aromatic heterocycles. The number of aliphatic hydroxyl groups excluding tert-OH is 1. The van der Waals surface area contributed by atoms with Gasteiger partial charge in [0.1, 0.15) is 0 Å². The third-order valence-corrected chi connectivity index (χ3v) is 8.10. The minimum atomic E-state index is -0.725. The molecule has 35 heavy (non-hydrogen) atoms. The van der Waals surface area contributed by atoms with E-state index >= 15 is 0 Å². The maximum absolute atomic E-state index is 11.4. The van der Waals surface area contributed by atoms with Crippen molar-refractivity contribution in [3.05, 3.63) is 35.4 Å². The monoisotopic (exact) mass is 488 g/mol. The SMILES string of the molecule is CC(C)(CO)CCCC1CCCC(c2ccccc2C2CCCC(CCCC(C)(C)C(=O)O)O2)O1. The lowest BCUT2D eigenvalue weighted by Crippen LogP contribution is -2.27. The van der Waals surface area contributed by atoms with E-state index in [1.54, 1.807) is 13.8 Å². The van der Waals surface area contributed by atoms with E-state index in [1.165, 1.54) is 17.5 Å². The van der Waals surface area contributed by atoms with Gasteiger partial charge in [-0.3, -0.25) is 4.79 Å². The molecule has 0 amide bonds. The van der Waals surface area contributed by atoms with Gasteiger partial charge in [-0.25, -0.2) is 0 Å². The number of hydrogen-bond donors (Lipinski definition) is 2. The van der Waals surface area contributed by atoms with Gasteiger partial charge in [0.15, 0.2) is 0 Å². The van der Waals surface area contributed by atoms with Gasteiger partial charge in [-0.2, -0.15) is 0 Å². The topological polar surface area (TPSA) is 76.0 Å². The highest BCUT2D eigenvalue weighted by atomic mass is 16.5. The molecule has 198 valence electrons. The molecule has 0 saturated carbocycles. The number of rotatable bonds is 12. The van der Waals surface area contributed by atoms with Gasteiger partial charge < -0.3 is 19.7 Å². The maximum Gasteiger partial charge on any atom is 0.309 e. The van der Waals surface area contributed by atoms with Gasteiger partial charge in [-0.05, 0) is 101 Å². The minimum absolute atomic E-state index is 0.0150. The van der Waals surface area contributed by atoms with Crippen LogP contribution in [0.15, 0.2) is 24.3 Å². The van der Waals surface area contributed by atoms with Crippen molar-refractivity contribution in [2.75, 3.05) is 6.61 Å². The number of aliphatic carboxylic acids is 1. The average molecular weight is 489 g/mol. The lowest BCUT2D eigenvalue weighted by atomic mass is 9.85. The molecule has 5 nitrogen and oxygen atoms in total. The molecule has 2 saturated heterocycles. The van der Waals surface area contributed by atoms with Crippen molar-refractivity contribution in [1.82, 2.24) is 0 Å². The second kappa shape index (κ2) is 12.7. The standard InChI is InChI=1S/C30H48O5/c1-29(2,21-31)19-9-13-22-11-7-17-26(34-22)24-15-5-6-16-25(24)27-18-8-12-23(35-27)14-10-20-30(3,4)28(32)33/h5-6,15-16,22-23,26-27,31H,7-14,17-21H2,1-4H3,(H,32,33). The average Bonchev–Trinajstić information content (AvgIpc) is 2.84. The summed E-state index contributed by atoms with van der Waals surface area (Å²) in [6.45, 7) is 8.09. The van der Waals surface area contributed by atoms with Crippen LogP contribution in [0.2, 0.25) is 0 Å². The number of carboxylic acid groups (broad SMARTS) is 1. The predicted octanol–water partition coefficient (Wildman–Crippen LogP) is 7.38. The van der Waals surface area contributed by atoms with Gasteiger partial charge in [0.2, 0.25) is 0 Å². The predicted molar refractivity (Wildman–Crippen MR) is 139 cm³/mol. The first-order valence-corrected chi connectivity index (χ1v) is 13.9. The fourth-order valence-electron chi connectivity index (χ4n) is 5.54. The van der Waals surface area contributed by atoms with E-state index in [9.17, 15) is 15.0 Å². The van der Waals surface area contributed by atoms with Crippen LogP contribution in [0.25, 0.3) is 0 Å². The Morgan fingerprint density at radius 3 is 1.80 bits per heavy atom. The Labute approximate surface area is 212 Å². The third-order valence-electron chi connectivity index (χ3n) is 8.10. The Morgan fingerprint density at radius 1 is 0.857 bits per heavy atom. The van der Waals surface area contributed by atoms with Crippen molar-refractivity contribution in [2.24, 2.45) is 10.8 Å². The first kappa shape index (κ1) is 28.1. The second-order valence-electron chi connectivity index (χ2n) is 12.3. The van der Waals surface area contributed by atoms with E-state index < -0.39 is 11.4 Å². The Balaban J connectivity index is 1.58. The molecule has 0 bridgehead atoms. The molecule has 5 heteroatoms. The van der Waals surface area contributed by atoms with Crippen LogP contribution in [0.5, 0.6) is 0 Å². The van der Waals surface area contributed by atoms with E-state index in [4.69, 9.17) is 9.47 Å². The first-order chi connectivity index (χ1) is 16.6. The minimum Gasteiger partial charge on any atom is -0.481 e. The van der Waals surface area contributed by atoms with Crippen molar-refractivity contribution < 1.29 is 24.5 Å². The van der Waals surface area contributed by atoms with Crippen molar-refractivity contribution in [1.29, 1.82) is 0 Å². The van der Waals surface area contributed by atoms with Crippen LogP contribution in [-0.4, -0.2) is 35.0 Å². The molecule has 4 atom stereocenters. The lowest BCUT2D eigenvalue weighted by Gasteiger charge is -2.36. The Morgan fingerprint density at radius 2 is 1.34 bits per heavy atom. The molecule has 1 aromatic rings. The smallest absolute Gasteiger partial charge is 0.309 e. The maximum atomic E-state index is 11.4. The summed E-state index contributed by atoms with van der Waals surface area (Å²) in [6.07, 6.45) is 12.9. The fourth-order valence-corrected chi connectivity index (χ4v) is 5.54. The van der Waals surface area contributed by atoms with E-state index in [0.29, 0.717) is 6.42 Å². The third kappa shape index (κ3) is 8.30. The zero-order chi connectivity index (χ0) is 25.5. The van der Waals surface area contributed by atoms with E-state index in [1.807, 2.05) is 0 Å². The van der Waals surface area contributed by atoms with Gasteiger partial charge in [-0.15, -0.1) is 0 Å². The Bertz CT molecular complexity index is 802. The summed E-state index contributed by atoms with van der Waals surface area (Å²) >= 11 is 0. The number of carbonyl (C=O) groups is 1. The van der Waals surface area contributed by atoms with Crippen molar-refractivity contribution in [3.63, 3.8) is 0 Å². The molecule has 2 heterocycles. The van der Waals surface area contributed by atoms with Crippen molar-refractivity contribution in [2.45, 2.75) is 129 Å². The van der Waals surface area contributed by atoms with Crippen LogP contribution in [0.3, 0.4) is 0 Å². The summed E-state index contributed by atoms with van der Waals surface area (Å²) in [5.41, 5.74) is 1.86. The normalized spacial score (nSPS) is 26.0. The van der Waals surface area contributed by atoms with Gasteiger partial charge in [0.25, 0.3) is 0 Å². The number of aliphatic hydroxyl groups is 1. The molecule has 2 fully saturated rings. The van der Waals surface area contributed by atoms with Gasteiger partial charge in [0.05, 0.1) is 29.8 Å². The highest BCUT2D eigenvalue weighted by Crippen LogP contribution is 2.41. The van der Waals surface area contributed by atoms with E-state index in [2.05, 4.69) is 38.1 Å². The molecule has 1 aromatic carbocycles. The molecule has 3 rings (SSSR count). The number of carboxylic acids is 1. The molecule has 0 radical (unpaired) electrons. The van der Waals surface area contributed by atoms with Crippen LogP contribution < -0.4 is 0 Å². The Hall–Kier alpha value is -1.43.